The number of fused-ring (bicyclic) bond motifs is 3. The van der Waals surface area contributed by atoms with Crippen molar-refractivity contribution in [1.82, 2.24) is 29.5 Å². The third-order valence-electron chi connectivity index (χ3n) is 6.30. The first-order valence-electron chi connectivity index (χ1n) is 11.9. The van der Waals surface area contributed by atoms with Crippen LogP contribution in [0.1, 0.15) is 34.0 Å². The number of hydrogen-bond acceptors (Lipinski definition) is 8. The summed E-state index contributed by atoms with van der Waals surface area (Å²) in [5.74, 6) is -0.239. The molecule has 37 heavy (non-hydrogen) atoms. The van der Waals surface area contributed by atoms with Crippen LogP contribution in [0.3, 0.4) is 0 Å². The van der Waals surface area contributed by atoms with E-state index in [1.807, 2.05) is 61.5 Å². The Labute approximate surface area is 213 Å². The fourth-order valence-electron chi connectivity index (χ4n) is 4.56. The summed E-state index contributed by atoms with van der Waals surface area (Å²) in [5.41, 5.74) is 6.99. The number of aryl methyl sites for hydroxylation is 4. The number of aliphatic carboxylic acids is 1. The van der Waals surface area contributed by atoms with Crippen LogP contribution in [0.2, 0.25) is 0 Å². The van der Waals surface area contributed by atoms with Crippen molar-refractivity contribution in [2.45, 2.75) is 25.2 Å². The van der Waals surface area contributed by atoms with Gasteiger partial charge < -0.3 is 15.8 Å². The van der Waals surface area contributed by atoms with Crippen molar-refractivity contribution in [3.05, 3.63) is 70.8 Å². The van der Waals surface area contributed by atoms with Crippen molar-refractivity contribution in [2.75, 3.05) is 11.9 Å². The van der Waals surface area contributed by atoms with Gasteiger partial charge in [-0.3, -0.25) is 19.2 Å². The number of hydrogen-bond donors (Lipinski definition) is 3. The third-order valence-corrected chi connectivity index (χ3v) is 6.30. The zero-order chi connectivity index (χ0) is 25.9. The summed E-state index contributed by atoms with van der Waals surface area (Å²) in [6.45, 7) is -0.316. The molecular formula is C26H27N9O2. The minimum Gasteiger partial charge on any atom is -0.480 e. The fourth-order valence-corrected chi connectivity index (χ4v) is 4.56. The number of carbonyl (C=O) groups is 1. The van der Waals surface area contributed by atoms with Gasteiger partial charge in [-0.15, -0.1) is 0 Å². The Hall–Kier alpha value is -4.67. The molecule has 0 bridgehead atoms. The van der Waals surface area contributed by atoms with E-state index in [2.05, 4.69) is 20.4 Å². The number of aliphatic imine (C=N–C) groups is 1. The van der Waals surface area contributed by atoms with Gasteiger partial charge >= 0.3 is 5.97 Å². The Kier molecular flexibility index (Phi) is 6.59. The van der Waals surface area contributed by atoms with E-state index >= 15 is 0 Å². The summed E-state index contributed by atoms with van der Waals surface area (Å²) >= 11 is 0. The molecule has 11 heteroatoms. The Bertz CT molecular complexity index is 1500. The number of aromatic nitrogens is 6. The molecule has 1 aliphatic rings. The van der Waals surface area contributed by atoms with E-state index in [1.165, 1.54) is 12.4 Å². The van der Waals surface area contributed by atoms with Gasteiger partial charge in [0.1, 0.15) is 6.54 Å². The zero-order valence-corrected chi connectivity index (χ0v) is 20.6. The van der Waals surface area contributed by atoms with Crippen molar-refractivity contribution in [2.24, 2.45) is 19.1 Å². The second-order valence-electron chi connectivity index (χ2n) is 8.96. The number of benzene rings is 1. The molecule has 3 N–H and O–H groups in total. The Balaban J connectivity index is 1.46. The first-order valence-corrected chi connectivity index (χ1v) is 11.9. The SMILES string of the molecule is Cn1ccc(Nc2ncc3c(n2)-c2c(nn(C)c2Cc2cccc(C(C=N)C=NCC(=O)O)c2)CC3)n1. The maximum absolute atomic E-state index is 10.8. The van der Waals surface area contributed by atoms with Crippen LogP contribution >= 0.6 is 0 Å². The standard InChI is InChI=1S/C26H27N9O2/c1-34-9-8-22(33-34)30-26-29-14-18-6-7-20-24(25(18)31-26)21(35(2)32-20)11-16-4-3-5-17(10-16)19(12-27)13-28-15-23(36)37/h3-5,8-10,12-14,19,27H,6-7,11,15H2,1-2H3,(H,36,37)(H,29,30,31,33). The quantitative estimate of drug-likeness (QED) is 0.301. The summed E-state index contributed by atoms with van der Waals surface area (Å²) in [7, 11) is 3.81. The number of anilines is 2. The Morgan fingerprint density at radius 3 is 2.89 bits per heavy atom. The third kappa shape index (κ3) is 5.15. The largest absolute Gasteiger partial charge is 0.480 e. The van der Waals surface area contributed by atoms with Gasteiger partial charge in [0.25, 0.3) is 0 Å². The summed E-state index contributed by atoms with van der Waals surface area (Å²) in [6, 6.07) is 9.79. The van der Waals surface area contributed by atoms with Gasteiger partial charge in [0.2, 0.25) is 5.95 Å². The normalized spacial score (nSPS) is 13.2. The molecule has 0 aliphatic heterocycles. The first-order chi connectivity index (χ1) is 17.9. The molecule has 1 unspecified atom stereocenters. The average Bonchev–Trinajstić information content (AvgIpc) is 3.43. The van der Waals surface area contributed by atoms with E-state index < -0.39 is 11.9 Å². The molecule has 0 saturated carbocycles. The number of rotatable bonds is 9. The smallest absolute Gasteiger partial charge is 0.325 e. The highest BCUT2D eigenvalue weighted by Gasteiger charge is 2.26. The summed E-state index contributed by atoms with van der Waals surface area (Å²) in [5, 5.41) is 29.0. The van der Waals surface area contributed by atoms with Crippen LogP contribution in [-0.4, -0.2) is 59.6 Å². The van der Waals surface area contributed by atoms with Gasteiger partial charge in [-0.25, -0.2) is 9.97 Å². The van der Waals surface area contributed by atoms with Gasteiger partial charge in [0.15, 0.2) is 5.82 Å². The van der Waals surface area contributed by atoms with Crippen LogP contribution < -0.4 is 5.32 Å². The van der Waals surface area contributed by atoms with E-state index in [4.69, 9.17) is 20.6 Å². The highest BCUT2D eigenvalue weighted by molar-refractivity contribution is 5.89. The second kappa shape index (κ2) is 10.1. The number of carboxylic acid groups (broad SMARTS) is 1. The maximum Gasteiger partial charge on any atom is 0.325 e. The average molecular weight is 498 g/mol. The minimum absolute atomic E-state index is 0.316. The first kappa shape index (κ1) is 24.0. The highest BCUT2D eigenvalue weighted by Crippen LogP contribution is 2.36. The van der Waals surface area contributed by atoms with E-state index in [9.17, 15) is 4.79 Å². The second-order valence-corrected chi connectivity index (χ2v) is 8.96. The van der Waals surface area contributed by atoms with Crippen LogP contribution in [0.25, 0.3) is 11.3 Å². The van der Waals surface area contributed by atoms with Crippen LogP contribution in [-0.2, 0) is 38.2 Å². The van der Waals surface area contributed by atoms with Crippen LogP contribution in [0.5, 0.6) is 0 Å². The fraction of sp³-hybridized carbons (Fsp3) is 0.269. The number of nitrogens with one attached hydrogen (secondary N) is 2. The van der Waals surface area contributed by atoms with E-state index in [0.29, 0.717) is 18.2 Å². The molecule has 5 rings (SSSR count). The van der Waals surface area contributed by atoms with Gasteiger partial charge in [0, 0.05) is 57.0 Å². The van der Waals surface area contributed by atoms with Crippen molar-refractivity contribution >= 4 is 30.2 Å². The molecule has 1 atom stereocenters. The molecule has 4 aromatic rings. The predicted octanol–water partition coefficient (Wildman–Crippen LogP) is 2.93. The lowest BCUT2D eigenvalue weighted by molar-refractivity contribution is -0.135. The van der Waals surface area contributed by atoms with Gasteiger partial charge in [-0.1, -0.05) is 24.3 Å². The summed E-state index contributed by atoms with van der Waals surface area (Å²) in [6.07, 6.45) is 8.77. The molecule has 3 aromatic heterocycles. The molecule has 1 aromatic carbocycles. The lowest BCUT2D eigenvalue weighted by Gasteiger charge is -2.17. The molecule has 0 amide bonds. The van der Waals surface area contributed by atoms with Crippen LogP contribution in [0, 0.1) is 5.41 Å². The van der Waals surface area contributed by atoms with Crippen molar-refractivity contribution < 1.29 is 9.90 Å². The van der Waals surface area contributed by atoms with Gasteiger partial charge in [0.05, 0.1) is 23.0 Å². The van der Waals surface area contributed by atoms with E-state index in [1.54, 1.807) is 4.68 Å². The van der Waals surface area contributed by atoms with Crippen molar-refractivity contribution in [3.63, 3.8) is 0 Å². The van der Waals surface area contributed by atoms with Gasteiger partial charge in [-0.2, -0.15) is 10.2 Å². The van der Waals surface area contributed by atoms with Crippen molar-refractivity contribution in [3.8, 4) is 11.3 Å². The highest BCUT2D eigenvalue weighted by atomic mass is 16.4. The topological polar surface area (TPSA) is 147 Å². The van der Waals surface area contributed by atoms with Gasteiger partial charge in [-0.05, 0) is 29.5 Å². The van der Waals surface area contributed by atoms with Crippen LogP contribution in [0.15, 0.2) is 47.7 Å². The Morgan fingerprint density at radius 2 is 2.14 bits per heavy atom. The van der Waals surface area contributed by atoms with E-state index in [0.717, 1.165) is 52.2 Å². The lowest BCUT2D eigenvalue weighted by Crippen LogP contribution is -2.09. The molecule has 0 spiro atoms. The van der Waals surface area contributed by atoms with Crippen LogP contribution in [0.4, 0.5) is 11.8 Å². The molecule has 0 saturated heterocycles. The summed E-state index contributed by atoms with van der Waals surface area (Å²) < 4.78 is 3.63. The van der Waals surface area contributed by atoms with E-state index in [-0.39, 0.29) is 6.54 Å². The molecule has 3 heterocycles. The maximum atomic E-state index is 10.8. The molecule has 1 aliphatic carbocycles. The number of carboxylic acids is 1. The molecule has 11 nitrogen and oxygen atoms in total. The zero-order valence-electron chi connectivity index (χ0n) is 20.6. The molecule has 0 radical (unpaired) electrons. The molecule has 188 valence electrons. The lowest BCUT2D eigenvalue weighted by atomic mass is 9.91. The Morgan fingerprint density at radius 1 is 1.27 bits per heavy atom. The predicted molar refractivity (Wildman–Crippen MR) is 140 cm³/mol. The summed E-state index contributed by atoms with van der Waals surface area (Å²) in [4.78, 5) is 24.1. The monoisotopic (exact) mass is 497 g/mol. The number of nitrogens with zero attached hydrogens (tertiary/aromatic N) is 7. The van der Waals surface area contributed by atoms with Crippen molar-refractivity contribution in [1.29, 1.82) is 5.41 Å². The molecular weight excluding hydrogens is 470 g/mol. The molecule has 0 fully saturated rings. The minimum atomic E-state index is -1.00.